The van der Waals surface area contributed by atoms with E-state index in [0.29, 0.717) is 20.9 Å². The fourth-order valence-electron chi connectivity index (χ4n) is 1.95. The highest BCUT2D eigenvalue weighted by atomic mass is 35.5. The van der Waals surface area contributed by atoms with E-state index >= 15 is 0 Å². The van der Waals surface area contributed by atoms with Crippen LogP contribution >= 0.6 is 58.1 Å². The Labute approximate surface area is 162 Å². The highest BCUT2D eigenvalue weighted by Crippen LogP contribution is 2.33. The van der Waals surface area contributed by atoms with E-state index in [1.165, 1.54) is 23.1 Å². The molecule has 1 N–H and O–H groups in total. The largest absolute Gasteiger partial charge is 0.301 e. The lowest BCUT2D eigenvalue weighted by Crippen LogP contribution is -2.23. The van der Waals surface area contributed by atoms with Gasteiger partial charge in [0.2, 0.25) is 5.91 Å². The maximum absolute atomic E-state index is 12.3. The second-order valence-corrected chi connectivity index (χ2v) is 9.28. The molecule has 2 aromatic rings. The van der Waals surface area contributed by atoms with Crippen molar-refractivity contribution in [2.45, 2.75) is 12.2 Å². The van der Waals surface area contributed by atoms with Gasteiger partial charge in [-0.3, -0.25) is 9.79 Å². The Morgan fingerprint density at radius 1 is 1.42 bits per heavy atom. The van der Waals surface area contributed by atoms with Crippen LogP contribution in [0, 0.1) is 0 Å². The molecule has 1 aromatic carbocycles. The Kier molecular flexibility index (Phi) is 6.10. The van der Waals surface area contributed by atoms with Crippen LogP contribution in [-0.2, 0) is 4.79 Å². The average molecular weight is 418 g/mol. The summed E-state index contributed by atoms with van der Waals surface area (Å²) in [4.78, 5) is 21.1. The van der Waals surface area contributed by atoms with E-state index in [1.54, 1.807) is 23.9 Å². The number of aromatic nitrogens is 1. The summed E-state index contributed by atoms with van der Waals surface area (Å²) in [5, 5.41) is 6.15. The van der Waals surface area contributed by atoms with Gasteiger partial charge in [0.25, 0.3) is 0 Å². The first-order valence-electron chi connectivity index (χ1n) is 7.08. The van der Waals surface area contributed by atoms with Gasteiger partial charge in [-0.1, -0.05) is 46.7 Å². The van der Waals surface area contributed by atoms with Crippen molar-refractivity contribution in [3.05, 3.63) is 33.6 Å². The number of nitrogens with zero attached hydrogens (tertiary/aromatic N) is 2. The molecule has 9 heteroatoms. The van der Waals surface area contributed by atoms with Gasteiger partial charge >= 0.3 is 0 Å². The number of carbonyl (C=O) groups is 1. The molecule has 1 atom stereocenters. The van der Waals surface area contributed by atoms with E-state index in [4.69, 9.17) is 23.2 Å². The molecule has 4 nitrogen and oxygen atoms in total. The molecule has 0 spiro atoms. The smallest absolute Gasteiger partial charge is 0.239 e. The van der Waals surface area contributed by atoms with Crippen LogP contribution in [0.3, 0.4) is 0 Å². The zero-order valence-corrected chi connectivity index (χ0v) is 16.5. The van der Waals surface area contributed by atoms with Crippen molar-refractivity contribution < 1.29 is 4.79 Å². The molecule has 0 radical (unpaired) electrons. The molecule has 1 unspecified atom stereocenters. The van der Waals surface area contributed by atoms with Crippen molar-refractivity contribution in [3.8, 4) is 11.3 Å². The third-order valence-corrected chi connectivity index (χ3v) is 6.75. The molecule has 0 bridgehead atoms. The van der Waals surface area contributed by atoms with Crippen molar-refractivity contribution in [2.75, 3.05) is 17.6 Å². The minimum atomic E-state index is -0.221. The first-order chi connectivity index (χ1) is 11.5. The summed E-state index contributed by atoms with van der Waals surface area (Å²) in [6.07, 6.45) is 0. The first kappa shape index (κ1) is 18.1. The lowest BCUT2D eigenvalue weighted by atomic mass is 10.2. The van der Waals surface area contributed by atoms with Crippen LogP contribution in [0.2, 0.25) is 10.0 Å². The van der Waals surface area contributed by atoms with E-state index < -0.39 is 0 Å². The van der Waals surface area contributed by atoms with E-state index in [-0.39, 0.29) is 11.2 Å². The van der Waals surface area contributed by atoms with Gasteiger partial charge < -0.3 is 5.32 Å². The van der Waals surface area contributed by atoms with Crippen molar-refractivity contribution >= 4 is 73.5 Å². The molecule has 0 saturated heterocycles. The van der Waals surface area contributed by atoms with Crippen LogP contribution in [0.1, 0.15) is 6.92 Å². The highest BCUT2D eigenvalue weighted by Gasteiger charge is 2.20. The summed E-state index contributed by atoms with van der Waals surface area (Å²) in [6, 6.07) is 5.26. The maximum Gasteiger partial charge on any atom is 0.239 e. The van der Waals surface area contributed by atoms with Gasteiger partial charge in [-0.05, 0) is 25.1 Å². The van der Waals surface area contributed by atoms with Gasteiger partial charge in [0, 0.05) is 21.7 Å². The average Bonchev–Trinajstić information content (AvgIpc) is 3.19. The third kappa shape index (κ3) is 4.46. The number of amides is 1. The predicted molar refractivity (Wildman–Crippen MR) is 108 cm³/mol. The number of nitrogens with one attached hydrogen (secondary N) is 1. The predicted octanol–water partition coefficient (Wildman–Crippen LogP) is 5.28. The van der Waals surface area contributed by atoms with E-state index in [1.807, 2.05) is 18.4 Å². The molecular formula is C15H13Cl2N3OS3. The van der Waals surface area contributed by atoms with Crippen molar-refractivity contribution in [2.24, 2.45) is 4.99 Å². The van der Waals surface area contributed by atoms with Crippen LogP contribution in [0.25, 0.3) is 11.3 Å². The van der Waals surface area contributed by atoms with Crippen molar-refractivity contribution in [1.82, 2.24) is 4.98 Å². The fraction of sp³-hybridized carbons (Fsp3) is 0.267. The van der Waals surface area contributed by atoms with Crippen LogP contribution in [0.4, 0.5) is 5.13 Å². The maximum atomic E-state index is 12.3. The number of carbonyl (C=O) groups excluding carboxylic acids is 1. The number of benzene rings is 1. The van der Waals surface area contributed by atoms with Gasteiger partial charge in [0.05, 0.1) is 22.5 Å². The van der Waals surface area contributed by atoms with Crippen LogP contribution in [0.15, 0.2) is 28.6 Å². The Hall–Kier alpha value is -0.730. The molecule has 126 valence electrons. The van der Waals surface area contributed by atoms with Crippen LogP contribution in [0.5, 0.6) is 0 Å². The molecule has 0 aliphatic carbocycles. The number of hydrogen-bond donors (Lipinski definition) is 1. The molecule has 24 heavy (non-hydrogen) atoms. The van der Waals surface area contributed by atoms with Crippen LogP contribution in [-0.4, -0.2) is 32.8 Å². The fourth-order valence-corrected chi connectivity index (χ4v) is 5.30. The number of halogens is 2. The van der Waals surface area contributed by atoms with Crippen molar-refractivity contribution in [3.63, 3.8) is 0 Å². The Morgan fingerprint density at radius 3 is 2.96 bits per heavy atom. The Morgan fingerprint density at radius 2 is 2.25 bits per heavy atom. The molecule has 1 aliphatic heterocycles. The second kappa shape index (κ2) is 8.10. The minimum absolute atomic E-state index is 0.0849. The molecule has 3 rings (SSSR count). The number of aliphatic imine (C=N–C) groups is 1. The van der Waals surface area contributed by atoms with Gasteiger partial charge in [0.1, 0.15) is 4.38 Å². The molecule has 2 heterocycles. The van der Waals surface area contributed by atoms with Gasteiger partial charge in [-0.2, -0.15) is 0 Å². The summed E-state index contributed by atoms with van der Waals surface area (Å²) in [5.41, 5.74) is 1.50. The Bertz CT molecular complexity index is 794. The summed E-state index contributed by atoms with van der Waals surface area (Å²) in [5.74, 6) is 0.910. The van der Waals surface area contributed by atoms with Gasteiger partial charge in [0.15, 0.2) is 5.13 Å². The standard InChI is InChI=1S/C15H13Cl2N3OS3/c1-8(24-15-18-4-5-22-15)13(21)20-14-19-12(7-23-14)10-3-2-9(16)6-11(10)17/h2-3,6-8H,4-5H2,1H3,(H,19,20,21). The number of rotatable bonds is 4. The highest BCUT2D eigenvalue weighted by molar-refractivity contribution is 8.39. The SMILES string of the molecule is CC(SC1=NCCS1)C(=O)Nc1nc(-c2ccc(Cl)cc2Cl)cs1. The van der Waals surface area contributed by atoms with E-state index in [9.17, 15) is 4.79 Å². The van der Waals surface area contributed by atoms with Crippen LogP contribution < -0.4 is 5.32 Å². The molecule has 0 fully saturated rings. The first-order valence-corrected chi connectivity index (χ1v) is 10.6. The normalized spacial score (nSPS) is 15.2. The zero-order valence-electron chi connectivity index (χ0n) is 12.6. The quantitative estimate of drug-likeness (QED) is 0.734. The van der Waals surface area contributed by atoms with Gasteiger partial charge in [-0.15, -0.1) is 11.3 Å². The number of thiazole rings is 1. The molecule has 1 aromatic heterocycles. The molecule has 0 saturated carbocycles. The third-order valence-electron chi connectivity index (χ3n) is 3.15. The second-order valence-electron chi connectivity index (χ2n) is 4.91. The lowest BCUT2D eigenvalue weighted by molar-refractivity contribution is -0.115. The summed E-state index contributed by atoms with van der Waals surface area (Å²) in [6.45, 7) is 2.70. The number of hydrogen-bond acceptors (Lipinski definition) is 6. The van der Waals surface area contributed by atoms with E-state index in [2.05, 4.69) is 15.3 Å². The molecular weight excluding hydrogens is 405 g/mol. The molecule has 1 amide bonds. The summed E-state index contributed by atoms with van der Waals surface area (Å²) < 4.78 is 0.977. The van der Waals surface area contributed by atoms with Crippen molar-refractivity contribution in [1.29, 1.82) is 0 Å². The summed E-state index contributed by atoms with van der Waals surface area (Å²) >= 11 is 16.7. The summed E-state index contributed by atoms with van der Waals surface area (Å²) in [7, 11) is 0. The topological polar surface area (TPSA) is 54.4 Å². The van der Waals surface area contributed by atoms with Gasteiger partial charge in [-0.25, -0.2) is 4.98 Å². The van der Waals surface area contributed by atoms with E-state index in [0.717, 1.165) is 22.2 Å². The zero-order chi connectivity index (χ0) is 17.1. The molecule has 1 aliphatic rings. The lowest BCUT2D eigenvalue weighted by Gasteiger charge is -2.09. The monoisotopic (exact) mass is 417 g/mol. The number of thioether (sulfide) groups is 2. The Balaban J connectivity index is 1.66. The number of anilines is 1. The minimum Gasteiger partial charge on any atom is -0.301 e.